The molecule has 1 saturated heterocycles. The number of aromatic nitrogens is 1. The lowest BCUT2D eigenvalue weighted by atomic mass is 9.93. The molecule has 0 amide bonds. The van der Waals surface area contributed by atoms with Crippen molar-refractivity contribution in [1.82, 2.24) is 4.98 Å². The van der Waals surface area contributed by atoms with Crippen molar-refractivity contribution in [1.29, 1.82) is 0 Å². The van der Waals surface area contributed by atoms with Crippen molar-refractivity contribution in [2.75, 3.05) is 30.4 Å². The summed E-state index contributed by atoms with van der Waals surface area (Å²) in [6.07, 6.45) is 2.35. The van der Waals surface area contributed by atoms with Gasteiger partial charge in [0.25, 0.3) is 0 Å². The second-order valence-electron chi connectivity index (χ2n) is 12.7. The number of nitrogens with two attached hydrogens (primary N) is 1. The van der Waals surface area contributed by atoms with Gasteiger partial charge in [-0.05, 0) is 74.9 Å². The van der Waals surface area contributed by atoms with Gasteiger partial charge in [-0.2, -0.15) is 4.98 Å². The number of nitrogens with one attached hydrogen (secondary N) is 1. The number of esters is 1. The summed E-state index contributed by atoms with van der Waals surface area (Å²) in [7, 11) is 1.90. The van der Waals surface area contributed by atoms with E-state index in [1.807, 2.05) is 107 Å². The highest BCUT2D eigenvalue weighted by Gasteiger charge is 2.26. The average Bonchev–Trinajstić information content (AvgIpc) is 3.06. The minimum absolute atomic E-state index is 0.115. The molecule has 0 bridgehead atoms. The molecule has 1 aromatic heterocycles. The van der Waals surface area contributed by atoms with Crippen molar-refractivity contribution < 1.29 is 24.4 Å². The number of ether oxygens (including phenoxy) is 3. The van der Waals surface area contributed by atoms with E-state index in [1.54, 1.807) is 0 Å². The van der Waals surface area contributed by atoms with Crippen molar-refractivity contribution in [2.24, 2.45) is 5.92 Å². The standard InChI is InChI=1S/C38H44N4O4/c1-38(2,3)46-35(43)23-27-19-21-42(22-20-27)30-15-16-31(33(24-30)40-4)36(39)32-17-18-34(44-25-28-11-7-5-8-12-28)41-37(32)45-26-29-13-9-6-10-14-29/h5-18,24,27,39-40H,19-23,25-26H2,1-4H3/p+1. The number of rotatable bonds is 12. The van der Waals surface area contributed by atoms with Crippen molar-refractivity contribution in [3.63, 3.8) is 0 Å². The second kappa shape index (κ2) is 15.0. The van der Waals surface area contributed by atoms with Crippen LogP contribution in [0.15, 0.2) is 91.0 Å². The van der Waals surface area contributed by atoms with E-state index in [0.717, 1.165) is 54.0 Å². The molecule has 8 nitrogen and oxygen atoms in total. The Balaban J connectivity index is 1.31. The Morgan fingerprint density at radius 2 is 1.48 bits per heavy atom. The van der Waals surface area contributed by atoms with E-state index >= 15 is 0 Å². The van der Waals surface area contributed by atoms with Gasteiger partial charge in [-0.1, -0.05) is 60.7 Å². The molecule has 0 aliphatic carbocycles. The zero-order valence-electron chi connectivity index (χ0n) is 27.3. The number of carbonyl (C=O) groups excluding carboxylic acids is 1. The topological polar surface area (TPSA) is 98.5 Å². The molecule has 0 unspecified atom stereocenters. The van der Waals surface area contributed by atoms with Crippen molar-refractivity contribution >= 4 is 23.1 Å². The third kappa shape index (κ3) is 8.87. The van der Waals surface area contributed by atoms with Crippen LogP contribution in [-0.2, 0) is 22.7 Å². The Hall–Kier alpha value is -4.85. The molecule has 1 aliphatic heterocycles. The molecular formula is C38H45N4O4+. The van der Waals surface area contributed by atoms with Gasteiger partial charge in [-0.15, -0.1) is 0 Å². The van der Waals surface area contributed by atoms with Gasteiger partial charge >= 0.3 is 5.97 Å². The molecule has 1 aliphatic rings. The molecule has 3 N–H and O–H groups in total. The zero-order chi connectivity index (χ0) is 32.5. The summed E-state index contributed by atoms with van der Waals surface area (Å²) in [5.41, 5.74) is 5.74. The van der Waals surface area contributed by atoms with E-state index in [4.69, 9.17) is 24.6 Å². The van der Waals surface area contributed by atoms with Crippen LogP contribution < -0.4 is 25.1 Å². The Morgan fingerprint density at radius 1 is 0.870 bits per heavy atom. The van der Waals surface area contributed by atoms with Crippen molar-refractivity contribution in [3.8, 4) is 11.8 Å². The van der Waals surface area contributed by atoms with Crippen LogP contribution in [0.1, 0.15) is 62.3 Å². The molecule has 0 spiro atoms. The maximum atomic E-state index is 12.3. The number of anilines is 2. The van der Waals surface area contributed by atoms with Crippen molar-refractivity contribution in [2.45, 2.75) is 58.8 Å². The Bertz CT molecular complexity index is 1610. The fourth-order valence-electron chi connectivity index (χ4n) is 5.61. The van der Waals surface area contributed by atoms with Gasteiger partial charge < -0.3 is 24.4 Å². The molecule has 0 atom stereocenters. The SMILES string of the molecule is CNc1cc(N2CCC(CC(=O)OC(C)(C)C)CC2)ccc1C(=[NH2+])c1ccc(OCc2ccccc2)nc1OCc1ccccc1. The molecular weight excluding hydrogens is 576 g/mol. The summed E-state index contributed by atoms with van der Waals surface area (Å²) < 4.78 is 17.8. The lowest BCUT2D eigenvalue weighted by molar-refractivity contribution is -0.156. The Kier molecular flexibility index (Phi) is 10.6. The second-order valence-corrected chi connectivity index (χ2v) is 12.7. The number of hydrogen-bond acceptors (Lipinski definition) is 7. The fraction of sp³-hybridized carbons (Fsp3) is 0.342. The number of hydrogen-bond donors (Lipinski definition) is 2. The molecule has 46 heavy (non-hydrogen) atoms. The summed E-state index contributed by atoms with van der Waals surface area (Å²) in [6, 6.07) is 30.0. The lowest BCUT2D eigenvalue weighted by Crippen LogP contribution is -2.41. The molecule has 1 fully saturated rings. The first-order valence-corrected chi connectivity index (χ1v) is 15.9. The van der Waals surface area contributed by atoms with Gasteiger partial charge in [0.1, 0.15) is 24.4 Å². The van der Waals surface area contributed by atoms with Gasteiger partial charge in [0.2, 0.25) is 17.5 Å². The predicted molar refractivity (Wildman–Crippen MR) is 182 cm³/mol. The highest BCUT2D eigenvalue weighted by molar-refractivity contribution is 6.13. The van der Waals surface area contributed by atoms with Crippen molar-refractivity contribution in [3.05, 3.63) is 113 Å². The maximum Gasteiger partial charge on any atom is 0.306 e. The van der Waals surface area contributed by atoms with E-state index in [9.17, 15) is 4.79 Å². The summed E-state index contributed by atoms with van der Waals surface area (Å²) in [6.45, 7) is 8.22. The molecule has 3 aromatic carbocycles. The lowest BCUT2D eigenvalue weighted by Gasteiger charge is -2.34. The minimum atomic E-state index is -0.453. The molecule has 8 heteroatoms. The number of benzene rings is 3. The van der Waals surface area contributed by atoms with Crippen LogP contribution in [0.4, 0.5) is 11.4 Å². The molecule has 0 radical (unpaired) electrons. The highest BCUT2D eigenvalue weighted by atomic mass is 16.6. The molecule has 0 saturated carbocycles. The molecule has 240 valence electrons. The van der Waals surface area contributed by atoms with Crippen LogP contribution in [0.25, 0.3) is 0 Å². The monoisotopic (exact) mass is 621 g/mol. The molecule has 2 heterocycles. The number of pyridine rings is 1. The van der Waals surface area contributed by atoms with Crippen LogP contribution in [0, 0.1) is 5.92 Å². The first-order valence-electron chi connectivity index (χ1n) is 15.9. The molecule has 5 rings (SSSR count). The number of nitrogens with zero attached hydrogens (tertiary/aromatic N) is 2. The van der Waals surface area contributed by atoms with Gasteiger partial charge in [0.05, 0.1) is 5.56 Å². The van der Waals surface area contributed by atoms with Gasteiger partial charge in [0.15, 0.2) is 0 Å². The van der Waals surface area contributed by atoms with E-state index in [2.05, 4.69) is 22.3 Å². The van der Waals surface area contributed by atoms with E-state index in [-0.39, 0.29) is 5.97 Å². The zero-order valence-corrected chi connectivity index (χ0v) is 27.3. The largest absolute Gasteiger partial charge is 0.473 e. The van der Waals surface area contributed by atoms with Gasteiger partial charge in [-0.3, -0.25) is 10.2 Å². The van der Waals surface area contributed by atoms with Crippen LogP contribution >= 0.6 is 0 Å². The Labute approximate surface area is 272 Å². The van der Waals surface area contributed by atoms with Crippen LogP contribution in [0.5, 0.6) is 11.8 Å². The normalized spacial score (nSPS) is 13.6. The Morgan fingerprint density at radius 3 is 2.09 bits per heavy atom. The smallest absolute Gasteiger partial charge is 0.306 e. The highest BCUT2D eigenvalue weighted by Crippen LogP contribution is 2.32. The average molecular weight is 622 g/mol. The number of piperidine rings is 1. The van der Waals surface area contributed by atoms with E-state index in [1.165, 1.54) is 0 Å². The fourth-order valence-corrected chi connectivity index (χ4v) is 5.61. The van der Waals surface area contributed by atoms with Crippen LogP contribution in [-0.4, -0.2) is 42.4 Å². The summed E-state index contributed by atoms with van der Waals surface area (Å²) >= 11 is 0. The third-order valence-electron chi connectivity index (χ3n) is 7.99. The van der Waals surface area contributed by atoms with Gasteiger partial charge in [-0.25, -0.2) is 0 Å². The first kappa shape index (κ1) is 32.5. The van der Waals surface area contributed by atoms with E-state index in [0.29, 0.717) is 48.6 Å². The predicted octanol–water partition coefficient (Wildman–Crippen LogP) is 5.83. The summed E-state index contributed by atoms with van der Waals surface area (Å²) in [5.74, 6) is 1.09. The maximum absolute atomic E-state index is 12.3. The van der Waals surface area contributed by atoms with Crippen LogP contribution in [0.3, 0.4) is 0 Å². The van der Waals surface area contributed by atoms with Gasteiger partial charge in [0, 0.05) is 44.0 Å². The summed E-state index contributed by atoms with van der Waals surface area (Å²) in [4.78, 5) is 19.4. The summed E-state index contributed by atoms with van der Waals surface area (Å²) in [5, 5.41) is 10.2. The quantitative estimate of drug-likeness (QED) is 0.152. The molecule has 4 aromatic rings. The third-order valence-corrected chi connectivity index (χ3v) is 7.99. The van der Waals surface area contributed by atoms with E-state index < -0.39 is 5.60 Å². The first-order chi connectivity index (χ1) is 22.2. The van der Waals surface area contributed by atoms with Crippen LogP contribution in [0.2, 0.25) is 0 Å². The number of carbonyl (C=O) groups is 1. The minimum Gasteiger partial charge on any atom is -0.473 e.